The van der Waals surface area contributed by atoms with Crippen molar-refractivity contribution in [2.24, 2.45) is 11.5 Å². The first-order chi connectivity index (χ1) is 14.2. The second-order valence-electron chi connectivity index (χ2n) is 6.50. The summed E-state index contributed by atoms with van der Waals surface area (Å²) in [5.74, 6) is -8.30. The zero-order valence-corrected chi connectivity index (χ0v) is 16.5. The Balaban J connectivity index is 5.09. The topological polar surface area (TPSA) is 268 Å². The zero-order chi connectivity index (χ0) is 24.3. The molecule has 0 aliphatic rings. The van der Waals surface area contributed by atoms with E-state index in [-0.39, 0.29) is 6.42 Å². The molecule has 31 heavy (non-hydrogen) atoms. The van der Waals surface area contributed by atoms with E-state index in [2.05, 4.69) is 10.6 Å². The Bertz CT molecular complexity index is 740. The summed E-state index contributed by atoms with van der Waals surface area (Å²) in [6.07, 6.45) is -2.28. The van der Waals surface area contributed by atoms with E-state index >= 15 is 0 Å². The summed E-state index contributed by atoms with van der Waals surface area (Å²) in [7, 11) is 0. The standard InChI is InChI=1S/C16H25N5O10/c1-6(13(27)21-9(16(30)31)4-10(18)22)19-15(29)8(5-12(25)26)20-14(28)7(17)2-3-11(23)24/h6-9H,2-5,17H2,1H3,(H2,18,22)(H,19,29)(H,20,28)(H,21,27)(H,23,24)(H,25,26)(H,30,31). The minimum absolute atomic E-state index is 0.266. The van der Waals surface area contributed by atoms with Gasteiger partial charge in [-0.05, 0) is 13.3 Å². The van der Waals surface area contributed by atoms with Crippen LogP contribution in [0.15, 0.2) is 0 Å². The van der Waals surface area contributed by atoms with Crippen LogP contribution in [0.5, 0.6) is 0 Å². The molecule has 15 nitrogen and oxygen atoms in total. The van der Waals surface area contributed by atoms with Crippen LogP contribution in [0.2, 0.25) is 0 Å². The van der Waals surface area contributed by atoms with Crippen molar-refractivity contribution >= 4 is 41.5 Å². The molecule has 0 aromatic rings. The molecule has 0 radical (unpaired) electrons. The number of nitrogens with one attached hydrogen (secondary N) is 3. The zero-order valence-electron chi connectivity index (χ0n) is 16.5. The molecule has 0 saturated heterocycles. The molecule has 0 fully saturated rings. The first kappa shape index (κ1) is 27.2. The van der Waals surface area contributed by atoms with Crippen LogP contribution in [-0.4, -0.2) is 81.0 Å². The number of carboxylic acid groups (broad SMARTS) is 3. The molecule has 0 aliphatic carbocycles. The molecule has 0 heterocycles. The smallest absolute Gasteiger partial charge is 0.326 e. The van der Waals surface area contributed by atoms with Crippen LogP contribution in [0.25, 0.3) is 0 Å². The summed E-state index contributed by atoms with van der Waals surface area (Å²) < 4.78 is 0. The second kappa shape index (κ2) is 12.7. The highest BCUT2D eigenvalue weighted by atomic mass is 16.4. The van der Waals surface area contributed by atoms with Crippen LogP contribution in [-0.2, 0) is 33.6 Å². The number of rotatable bonds is 14. The minimum Gasteiger partial charge on any atom is -0.481 e. The molecule has 0 bridgehead atoms. The van der Waals surface area contributed by atoms with Crippen molar-refractivity contribution in [1.82, 2.24) is 16.0 Å². The summed E-state index contributed by atoms with van der Waals surface area (Å²) in [5, 5.41) is 32.7. The highest BCUT2D eigenvalue weighted by Gasteiger charge is 2.30. The van der Waals surface area contributed by atoms with E-state index in [0.717, 1.165) is 6.92 Å². The maximum Gasteiger partial charge on any atom is 0.326 e. The molecular formula is C16H25N5O10. The highest BCUT2D eigenvalue weighted by molar-refractivity contribution is 5.96. The Labute approximate surface area is 175 Å². The lowest BCUT2D eigenvalue weighted by Crippen LogP contribution is -2.57. The lowest BCUT2D eigenvalue weighted by molar-refractivity contribution is -0.144. The SMILES string of the molecule is CC(NC(=O)C(CC(=O)O)NC(=O)C(N)CCC(=O)O)C(=O)NC(CC(N)=O)C(=O)O. The Morgan fingerprint density at radius 1 is 0.774 bits per heavy atom. The molecule has 0 aromatic carbocycles. The average Bonchev–Trinajstić information content (AvgIpc) is 2.63. The molecular weight excluding hydrogens is 422 g/mol. The van der Waals surface area contributed by atoms with E-state index < -0.39 is 85.0 Å². The largest absolute Gasteiger partial charge is 0.481 e. The van der Waals surface area contributed by atoms with Gasteiger partial charge >= 0.3 is 17.9 Å². The summed E-state index contributed by atoms with van der Waals surface area (Å²) >= 11 is 0. The summed E-state index contributed by atoms with van der Waals surface area (Å²) in [4.78, 5) is 79.9. The maximum atomic E-state index is 12.3. The molecule has 0 aliphatic heterocycles. The van der Waals surface area contributed by atoms with Crippen LogP contribution < -0.4 is 27.4 Å². The molecule has 4 amide bonds. The first-order valence-electron chi connectivity index (χ1n) is 8.86. The third-order valence-corrected chi connectivity index (χ3v) is 3.79. The molecule has 0 rings (SSSR count). The number of carboxylic acids is 3. The monoisotopic (exact) mass is 447 g/mol. The fraction of sp³-hybridized carbons (Fsp3) is 0.562. The van der Waals surface area contributed by atoms with E-state index in [9.17, 15) is 33.6 Å². The van der Waals surface area contributed by atoms with Gasteiger partial charge in [0, 0.05) is 6.42 Å². The average molecular weight is 447 g/mol. The van der Waals surface area contributed by atoms with Gasteiger partial charge in [-0.1, -0.05) is 0 Å². The van der Waals surface area contributed by atoms with E-state index in [4.69, 9.17) is 26.8 Å². The van der Waals surface area contributed by atoms with Gasteiger partial charge in [-0.25, -0.2) is 4.79 Å². The number of primary amides is 1. The van der Waals surface area contributed by atoms with Crippen molar-refractivity contribution in [3.8, 4) is 0 Å². The quantitative estimate of drug-likeness (QED) is 0.127. The van der Waals surface area contributed by atoms with Crippen LogP contribution in [0.1, 0.15) is 32.6 Å². The van der Waals surface area contributed by atoms with Gasteiger partial charge in [-0.3, -0.25) is 28.8 Å². The van der Waals surface area contributed by atoms with Gasteiger partial charge in [-0.15, -0.1) is 0 Å². The van der Waals surface area contributed by atoms with Crippen molar-refractivity contribution in [3.05, 3.63) is 0 Å². The van der Waals surface area contributed by atoms with Gasteiger partial charge in [-0.2, -0.15) is 0 Å². The fourth-order valence-electron chi connectivity index (χ4n) is 2.15. The summed E-state index contributed by atoms with van der Waals surface area (Å²) in [6, 6.07) is -6.01. The van der Waals surface area contributed by atoms with E-state index in [1.807, 2.05) is 5.32 Å². The van der Waals surface area contributed by atoms with Gasteiger partial charge < -0.3 is 42.7 Å². The van der Waals surface area contributed by atoms with Gasteiger partial charge in [0.15, 0.2) is 0 Å². The lowest BCUT2D eigenvalue weighted by Gasteiger charge is -2.22. The normalized spacial score (nSPS) is 14.3. The highest BCUT2D eigenvalue weighted by Crippen LogP contribution is 2.00. The predicted octanol–water partition coefficient (Wildman–Crippen LogP) is -3.91. The van der Waals surface area contributed by atoms with E-state index in [1.54, 1.807) is 0 Å². The van der Waals surface area contributed by atoms with E-state index in [1.165, 1.54) is 0 Å². The fourth-order valence-corrected chi connectivity index (χ4v) is 2.15. The molecule has 0 spiro atoms. The van der Waals surface area contributed by atoms with Crippen LogP contribution in [0.4, 0.5) is 0 Å². The number of aliphatic carboxylic acids is 3. The van der Waals surface area contributed by atoms with Crippen molar-refractivity contribution in [3.63, 3.8) is 0 Å². The van der Waals surface area contributed by atoms with Gasteiger partial charge in [0.2, 0.25) is 23.6 Å². The number of carbonyl (C=O) groups is 7. The molecule has 174 valence electrons. The van der Waals surface area contributed by atoms with Gasteiger partial charge in [0.1, 0.15) is 18.1 Å². The Morgan fingerprint density at radius 2 is 1.32 bits per heavy atom. The maximum absolute atomic E-state index is 12.3. The Kier molecular flexibility index (Phi) is 11.2. The Morgan fingerprint density at radius 3 is 1.77 bits per heavy atom. The van der Waals surface area contributed by atoms with Crippen molar-refractivity contribution < 1.29 is 48.9 Å². The number of hydrogen-bond donors (Lipinski definition) is 8. The van der Waals surface area contributed by atoms with E-state index in [0.29, 0.717) is 0 Å². The van der Waals surface area contributed by atoms with Crippen molar-refractivity contribution in [2.45, 2.75) is 56.8 Å². The number of nitrogens with two attached hydrogens (primary N) is 2. The number of hydrogen-bond acceptors (Lipinski definition) is 8. The lowest BCUT2D eigenvalue weighted by atomic mass is 10.1. The van der Waals surface area contributed by atoms with Gasteiger partial charge in [0.05, 0.1) is 18.9 Å². The van der Waals surface area contributed by atoms with Crippen molar-refractivity contribution in [2.75, 3.05) is 0 Å². The van der Waals surface area contributed by atoms with Crippen molar-refractivity contribution in [1.29, 1.82) is 0 Å². The van der Waals surface area contributed by atoms with Crippen LogP contribution in [0.3, 0.4) is 0 Å². The third-order valence-electron chi connectivity index (χ3n) is 3.79. The summed E-state index contributed by atoms with van der Waals surface area (Å²) in [5.41, 5.74) is 10.4. The van der Waals surface area contributed by atoms with Gasteiger partial charge in [0.25, 0.3) is 0 Å². The molecule has 4 unspecified atom stereocenters. The van der Waals surface area contributed by atoms with Crippen LogP contribution >= 0.6 is 0 Å². The predicted molar refractivity (Wildman–Crippen MR) is 100 cm³/mol. The molecule has 0 saturated carbocycles. The number of carbonyl (C=O) groups excluding carboxylic acids is 4. The molecule has 0 aromatic heterocycles. The minimum atomic E-state index is -1.66. The first-order valence-corrected chi connectivity index (χ1v) is 8.86. The van der Waals surface area contributed by atoms with Crippen LogP contribution in [0, 0.1) is 0 Å². The second-order valence-corrected chi connectivity index (χ2v) is 6.50. The molecule has 15 heteroatoms. The number of amides is 4. The summed E-state index contributed by atoms with van der Waals surface area (Å²) in [6.45, 7) is 1.15. The molecule has 10 N–H and O–H groups in total. The molecule has 4 atom stereocenters. The Hall–Kier alpha value is -3.75. The third kappa shape index (κ3) is 11.1.